The van der Waals surface area contributed by atoms with Crippen LogP contribution in [-0.4, -0.2) is 11.5 Å². The lowest BCUT2D eigenvalue weighted by atomic mass is 10.2. The molecule has 5 nitrogen and oxygen atoms in total. The molecule has 2 rings (SSSR count). The fraction of sp³-hybridized carbons (Fsp3) is 0.143. The standard InChI is InChI=1S/C14H13ClN2O3/c1-2-16-13-9-12(7-8-14(13)17(18)19)20-11-5-3-10(15)4-6-11/h3-9,16H,2H2,1H3. The number of hydrogen-bond acceptors (Lipinski definition) is 4. The zero-order chi connectivity index (χ0) is 14.5. The summed E-state index contributed by atoms with van der Waals surface area (Å²) in [5.74, 6) is 1.14. The number of benzene rings is 2. The van der Waals surface area contributed by atoms with Crippen LogP contribution in [0.2, 0.25) is 5.02 Å². The molecule has 0 aliphatic heterocycles. The van der Waals surface area contributed by atoms with E-state index in [1.807, 2.05) is 6.92 Å². The van der Waals surface area contributed by atoms with E-state index in [1.54, 1.807) is 36.4 Å². The van der Waals surface area contributed by atoms with Crippen molar-refractivity contribution in [2.24, 2.45) is 0 Å². The first-order valence-electron chi connectivity index (χ1n) is 6.06. The van der Waals surface area contributed by atoms with Crippen molar-refractivity contribution in [3.63, 3.8) is 0 Å². The molecule has 104 valence electrons. The lowest BCUT2D eigenvalue weighted by Gasteiger charge is -2.09. The Kier molecular flexibility index (Phi) is 4.42. The fourth-order valence-electron chi connectivity index (χ4n) is 1.71. The Hall–Kier alpha value is -2.27. The third kappa shape index (κ3) is 3.39. The van der Waals surface area contributed by atoms with Gasteiger partial charge >= 0.3 is 0 Å². The Balaban J connectivity index is 2.26. The minimum Gasteiger partial charge on any atom is -0.457 e. The molecule has 0 saturated carbocycles. The molecule has 0 fully saturated rings. The summed E-state index contributed by atoms with van der Waals surface area (Å²) in [6.45, 7) is 2.46. The van der Waals surface area contributed by atoms with Crippen LogP contribution in [0.15, 0.2) is 42.5 Å². The van der Waals surface area contributed by atoms with E-state index in [1.165, 1.54) is 6.07 Å². The van der Waals surface area contributed by atoms with Crippen molar-refractivity contribution in [2.75, 3.05) is 11.9 Å². The van der Waals surface area contributed by atoms with Crippen LogP contribution in [0.1, 0.15) is 6.92 Å². The van der Waals surface area contributed by atoms with Gasteiger partial charge in [0.2, 0.25) is 0 Å². The minimum absolute atomic E-state index is 0.0234. The summed E-state index contributed by atoms with van der Waals surface area (Å²) < 4.78 is 5.63. The van der Waals surface area contributed by atoms with Crippen molar-refractivity contribution in [3.05, 3.63) is 57.6 Å². The summed E-state index contributed by atoms with van der Waals surface area (Å²) in [4.78, 5) is 10.5. The number of rotatable bonds is 5. The van der Waals surface area contributed by atoms with Crippen LogP contribution >= 0.6 is 11.6 Å². The molecule has 0 atom stereocenters. The first kappa shape index (κ1) is 14.1. The van der Waals surface area contributed by atoms with E-state index in [-0.39, 0.29) is 5.69 Å². The van der Waals surface area contributed by atoms with Crippen molar-refractivity contribution in [3.8, 4) is 11.5 Å². The fourth-order valence-corrected chi connectivity index (χ4v) is 1.83. The molecule has 1 N–H and O–H groups in total. The first-order chi connectivity index (χ1) is 9.60. The molecule has 2 aromatic carbocycles. The van der Waals surface area contributed by atoms with Gasteiger partial charge < -0.3 is 10.1 Å². The van der Waals surface area contributed by atoms with Crippen LogP contribution < -0.4 is 10.1 Å². The van der Waals surface area contributed by atoms with E-state index < -0.39 is 4.92 Å². The van der Waals surface area contributed by atoms with E-state index in [4.69, 9.17) is 16.3 Å². The molecule has 0 saturated heterocycles. The molecular weight excluding hydrogens is 280 g/mol. The lowest BCUT2D eigenvalue weighted by molar-refractivity contribution is -0.384. The maximum atomic E-state index is 10.9. The molecule has 0 aromatic heterocycles. The third-order valence-corrected chi connectivity index (χ3v) is 2.83. The van der Waals surface area contributed by atoms with E-state index in [2.05, 4.69) is 5.32 Å². The molecule has 2 aromatic rings. The summed E-state index contributed by atoms with van der Waals surface area (Å²) in [5, 5.41) is 14.5. The summed E-state index contributed by atoms with van der Waals surface area (Å²) in [6.07, 6.45) is 0. The molecule has 0 aliphatic carbocycles. The predicted octanol–water partition coefficient (Wildman–Crippen LogP) is 4.47. The predicted molar refractivity (Wildman–Crippen MR) is 78.8 cm³/mol. The van der Waals surface area contributed by atoms with Crippen LogP contribution in [0, 0.1) is 10.1 Å². The summed E-state index contributed by atoms with van der Waals surface area (Å²) in [5.41, 5.74) is 0.458. The lowest BCUT2D eigenvalue weighted by Crippen LogP contribution is -2.01. The Morgan fingerprint density at radius 3 is 2.45 bits per heavy atom. The number of anilines is 1. The summed E-state index contributed by atoms with van der Waals surface area (Å²) in [6, 6.07) is 11.5. The van der Waals surface area contributed by atoms with Gasteiger partial charge in [-0.05, 0) is 37.3 Å². The van der Waals surface area contributed by atoms with Crippen molar-refractivity contribution < 1.29 is 9.66 Å². The van der Waals surface area contributed by atoms with Crippen LogP contribution in [0.5, 0.6) is 11.5 Å². The summed E-state index contributed by atoms with van der Waals surface area (Å²) in [7, 11) is 0. The van der Waals surface area contributed by atoms with Gasteiger partial charge in [0.25, 0.3) is 5.69 Å². The molecule has 0 unspecified atom stereocenters. The van der Waals surface area contributed by atoms with Gasteiger partial charge in [0.15, 0.2) is 0 Å². The average Bonchev–Trinajstić information content (AvgIpc) is 2.42. The van der Waals surface area contributed by atoms with Gasteiger partial charge in [-0.1, -0.05) is 11.6 Å². The number of hydrogen-bond donors (Lipinski definition) is 1. The van der Waals surface area contributed by atoms with E-state index in [0.717, 1.165) is 0 Å². The highest BCUT2D eigenvalue weighted by Crippen LogP contribution is 2.31. The van der Waals surface area contributed by atoms with Crippen molar-refractivity contribution >= 4 is 23.0 Å². The third-order valence-electron chi connectivity index (χ3n) is 2.58. The van der Waals surface area contributed by atoms with E-state index in [0.29, 0.717) is 28.8 Å². The molecule has 20 heavy (non-hydrogen) atoms. The Bertz CT molecular complexity index is 614. The number of halogens is 1. The second kappa shape index (κ2) is 6.25. The molecular formula is C14H13ClN2O3. The first-order valence-corrected chi connectivity index (χ1v) is 6.43. The van der Waals surface area contributed by atoms with Gasteiger partial charge in [-0.3, -0.25) is 10.1 Å². The van der Waals surface area contributed by atoms with Crippen molar-refractivity contribution in [1.29, 1.82) is 0 Å². The smallest absolute Gasteiger partial charge is 0.292 e. The van der Waals surface area contributed by atoms with E-state index in [9.17, 15) is 10.1 Å². The van der Waals surface area contributed by atoms with Crippen LogP contribution in [0.4, 0.5) is 11.4 Å². The second-order valence-electron chi connectivity index (χ2n) is 4.02. The molecule has 0 aliphatic rings. The van der Waals surface area contributed by atoms with Gasteiger partial charge in [0, 0.05) is 23.7 Å². The molecule has 0 radical (unpaired) electrons. The zero-order valence-corrected chi connectivity index (χ0v) is 11.6. The zero-order valence-electron chi connectivity index (χ0n) is 10.8. The van der Waals surface area contributed by atoms with Gasteiger partial charge in [0.05, 0.1) is 4.92 Å². The molecule has 0 spiro atoms. The second-order valence-corrected chi connectivity index (χ2v) is 4.46. The Morgan fingerprint density at radius 1 is 1.20 bits per heavy atom. The van der Waals surface area contributed by atoms with Crippen molar-refractivity contribution in [1.82, 2.24) is 0 Å². The maximum Gasteiger partial charge on any atom is 0.292 e. The highest BCUT2D eigenvalue weighted by atomic mass is 35.5. The highest BCUT2D eigenvalue weighted by Gasteiger charge is 2.14. The molecule has 0 bridgehead atoms. The molecule has 6 heteroatoms. The SMILES string of the molecule is CCNc1cc(Oc2ccc(Cl)cc2)ccc1[N+](=O)[O-]. The number of nitrogens with zero attached hydrogens (tertiary/aromatic N) is 1. The normalized spacial score (nSPS) is 10.1. The Labute approximate surface area is 121 Å². The van der Waals surface area contributed by atoms with Crippen LogP contribution in [-0.2, 0) is 0 Å². The number of nitrogens with one attached hydrogen (secondary N) is 1. The topological polar surface area (TPSA) is 64.4 Å². The quantitative estimate of drug-likeness (QED) is 0.652. The average molecular weight is 293 g/mol. The van der Waals surface area contributed by atoms with E-state index >= 15 is 0 Å². The number of nitro benzene ring substituents is 1. The minimum atomic E-state index is -0.427. The molecule has 0 heterocycles. The Morgan fingerprint density at radius 2 is 1.85 bits per heavy atom. The van der Waals surface area contributed by atoms with Gasteiger partial charge in [0.1, 0.15) is 17.2 Å². The summed E-state index contributed by atoms with van der Waals surface area (Å²) >= 11 is 5.80. The molecule has 0 amide bonds. The van der Waals surface area contributed by atoms with Crippen LogP contribution in [0.25, 0.3) is 0 Å². The monoisotopic (exact) mass is 292 g/mol. The van der Waals surface area contributed by atoms with Gasteiger partial charge in [-0.15, -0.1) is 0 Å². The van der Waals surface area contributed by atoms with Gasteiger partial charge in [-0.2, -0.15) is 0 Å². The van der Waals surface area contributed by atoms with Crippen LogP contribution in [0.3, 0.4) is 0 Å². The van der Waals surface area contributed by atoms with Gasteiger partial charge in [-0.25, -0.2) is 0 Å². The van der Waals surface area contributed by atoms with Crippen molar-refractivity contribution in [2.45, 2.75) is 6.92 Å². The maximum absolute atomic E-state index is 10.9. The largest absolute Gasteiger partial charge is 0.457 e. The number of ether oxygens (including phenoxy) is 1. The highest BCUT2D eigenvalue weighted by molar-refractivity contribution is 6.30. The number of nitro groups is 1.